The summed E-state index contributed by atoms with van der Waals surface area (Å²) in [7, 11) is -0.860. The molecule has 3 unspecified atom stereocenters. The number of carbonyl (C=O) groups is 1. The van der Waals surface area contributed by atoms with E-state index in [0.29, 0.717) is 13.2 Å². The maximum atomic E-state index is 11.9. The molecule has 0 aromatic rings. The minimum atomic E-state index is -0.860. The molecule has 1 heterocycles. The first-order valence-electron chi connectivity index (χ1n) is 5.90. The van der Waals surface area contributed by atoms with Gasteiger partial charge in [0.1, 0.15) is 0 Å². The van der Waals surface area contributed by atoms with Gasteiger partial charge in [-0.05, 0) is 13.3 Å². The average molecular weight is 246 g/mol. The van der Waals surface area contributed by atoms with E-state index in [-0.39, 0.29) is 17.2 Å². The lowest BCUT2D eigenvalue weighted by atomic mass is 10.1. The van der Waals surface area contributed by atoms with Gasteiger partial charge in [-0.1, -0.05) is 19.8 Å². The quantitative estimate of drug-likeness (QED) is 0.750. The van der Waals surface area contributed by atoms with Crippen molar-refractivity contribution < 1.29 is 9.00 Å². The Balaban J connectivity index is 2.41. The summed E-state index contributed by atoms with van der Waals surface area (Å²) in [6.45, 7) is 5.24. The van der Waals surface area contributed by atoms with Crippen molar-refractivity contribution >= 4 is 16.7 Å². The average Bonchev–Trinajstić information content (AvgIpc) is 2.57. The first kappa shape index (κ1) is 13.6. The van der Waals surface area contributed by atoms with Crippen molar-refractivity contribution in [3.05, 3.63) is 0 Å². The maximum absolute atomic E-state index is 11.9. The Labute approximate surface area is 100 Å². The summed E-state index contributed by atoms with van der Waals surface area (Å²) in [5.41, 5.74) is 0. The molecule has 0 radical (unpaired) electrons. The molecule has 5 heteroatoms. The van der Waals surface area contributed by atoms with E-state index in [9.17, 15) is 9.00 Å². The van der Waals surface area contributed by atoms with Crippen LogP contribution < -0.4 is 5.32 Å². The van der Waals surface area contributed by atoms with Gasteiger partial charge in [0, 0.05) is 28.9 Å². The first-order valence-corrected chi connectivity index (χ1v) is 7.52. The van der Waals surface area contributed by atoms with E-state index in [4.69, 9.17) is 0 Å². The number of nitrogens with one attached hydrogen (secondary N) is 1. The molecule has 0 aliphatic carbocycles. The van der Waals surface area contributed by atoms with Crippen molar-refractivity contribution in [1.82, 2.24) is 10.2 Å². The van der Waals surface area contributed by atoms with Crippen LogP contribution in [0.2, 0.25) is 0 Å². The van der Waals surface area contributed by atoms with Crippen molar-refractivity contribution in [2.24, 2.45) is 0 Å². The standard InChI is InChI=1S/C11H22N2O2S/c1-4-5-6-10-11(14)13(8-12-10)7-9(2)16(3)15/h9-10,12H,4-8H2,1-3H3. The van der Waals surface area contributed by atoms with Gasteiger partial charge < -0.3 is 4.90 Å². The van der Waals surface area contributed by atoms with Crippen LogP contribution in [0.1, 0.15) is 33.1 Å². The summed E-state index contributed by atoms with van der Waals surface area (Å²) in [6, 6.07) is -0.0163. The van der Waals surface area contributed by atoms with E-state index in [1.807, 2.05) is 6.92 Å². The van der Waals surface area contributed by atoms with Gasteiger partial charge in [-0.2, -0.15) is 0 Å². The first-order chi connectivity index (χ1) is 7.56. The van der Waals surface area contributed by atoms with Crippen LogP contribution in [0.15, 0.2) is 0 Å². The molecule has 94 valence electrons. The fourth-order valence-electron chi connectivity index (χ4n) is 1.81. The van der Waals surface area contributed by atoms with E-state index in [1.54, 1.807) is 11.2 Å². The molecule has 3 atom stereocenters. The second-order valence-corrected chi connectivity index (χ2v) is 6.23. The number of carbonyl (C=O) groups excluding carboxylic acids is 1. The van der Waals surface area contributed by atoms with Crippen LogP contribution in [0, 0.1) is 0 Å². The number of amides is 1. The highest BCUT2D eigenvalue weighted by molar-refractivity contribution is 7.84. The summed E-state index contributed by atoms with van der Waals surface area (Å²) in [5, 5.41) is 3.26. The molecular weight excluding hydrogens is 224 g/mol. The normalized spacial score (nSPS) is 24.8. The van der Waals surface area contributed by atoms with Crippen LogP contribution in [0.3, 0.4) is 0 Å². The second-order valence-electron chi connectivity index (χ2n) is 4.43. The Morgan fingerprint density at radius 1 is 1.62 bits per heavy atom. The molecule has 1 fully saturated rings. The smallest absolute Gasteiger partial charge is 0.240 e. The van der Waals surface area contributed by atoms with Gasteiger partial charge in [-0.3, -0.25) is 14.3 Å². The number of hydrogen-bond donors (Lipinski definition) is 1. The lowest BCUT2D eigenvalue weighted by molar-refractivity contribution is -0.129. The summed E-state index contributed by atoms with van der Waals surface area (Å²) in [6.07, 6.45) is 4.79. The predicted molar refractivity (Wildman–Crippen MR) is 66.6 cm³/mol. The van der Waals surface area contributed by atoms with E-state index in [1.165, 1.54) is 0 Å². The Bertz CT molecular complexity index is 271. The maximum Gasteiger partial charge on any atom is 0.240 e. The molecule has 0 saturated carbocycles. The Morgan fingerprint density at radius 2 is 2.31 bits per heavy atom. The number of nitrogens with zero attached hydrogens (tertiary/aromatic N) is 1. The van der Waals surface area contributed by atoms with Crippen LogP contribution in [0.4, 0.5) is 0 Å². The highest BCUT2D eigenvalue weighted by Crippen LogP contribution is 2.11. The molecule has 1 saturated heterocycles. The number of unbranched alkanes of at least 4 members (excludes halogenated alkanes) is 1. The molecule has 1 aliphatic rings. The molecule has 16 heavy (non-hydrogen) atoms. The summed E-state index contributed by atoms with van der Waals surface area (Å²) in [5.74, 6) is 0.172. The molecule has 4 nitrogen and oxygen atoms in total. The SMILES string of the molecule is CCCCC1NCN(CC(C)S(C)=O)C1=O. The minimum Gasteiger partial charge on any atom is -0.327 e. The van der Waals surface area contributed by atoms with E-state index >= 15 is 0 Å². The zero-order valence-electron chi connectivity index (χ0n) is 10.4. The molecule has 1 aliphatic heterocycles. The van der Waals surface area contributed by atoms with E-state index in [2.05, 4.69) is 12.2 Å². The summed E-state index contributed by atoms with van der Waals surface area (Å²) >= 11 is 0. The Kier molecular flexibility index (Phi) is 5.41. The van der Waals surface area contributed by atoms with Gasteiger partial charge in [-0.15, -0.1) is 0 Å². The van der Waals surface area contributed by atoms with Crippen LogP contribution in [0.5, 0.6) is 0 Å². The van der Waals surface area contributed by atoms with Gasteiger partial charge in [0.25, 0.3) is 0 Å². The lowest BCUT2D eigenvalue weighted by Crippen LogP contribution is -2.36. The molecule has 1 N–H and O–H groups in total. The van der Waals surface area contributed by atoms with Gasteiger partial charge in [0.05, 0.1) is 12.7 Å². The van der Waals surface area contributed by atoms with Crippen molar-refractivity contribution in [3.8, 4) is 0 Å². The van der Waals surface area contributed by atoms with Gasteiger partial charge >= 0.3 is 0 Å². The number of rotatable bonds is 6. The van der Waals surface area contributed by atoms with Crippen LogP contribution in [-0.2, 0) is 15.6 Å². The number of hydrogen-bond acceptors (Lipinski definition) is 3. The molecule has 0 bridgehead atoms. The predicted octanol–water partition coefficient (Wildman–Crippen LogP) is 0.702. The lowest BCUT2D eigenvalue weighted by Gasteiger charge is -2.18. The van der Waals surface area contributed by atoms with Crippen molar-refractivity contribution in [2.45, 2.75) is 44.4 Å². The third-order valence-corrected chi connectivity index (χ3v) is 4.31. The van der Waals surface area contributed by atoms with Gasteiger partial charge in [0.15, 0.2) is 0 Å². The van der Waals surface area contributed by atoms with Crippen molar-refractivity contribution in [1.29, 1.82) is 0 Å². The van der Waals surface area contributed by atoms with Crippen LogP contribution in [0.25, 0.3) is 0 Å². The van der Waals surface area contributed by atoms with E-state index in [0.717, 1.165) is 19.3 Å². The highest BCUT2D eigenvalue weighted by atomic mass is 32.2. The van der Waals surface area contributed by atoms with Crippen LogP contribution in [-0.4, -0.2) is 45.8 Å². The third-order valence-electron chi connectivity index (χ3n) is 3.03. The van der Waals surface area contributed by atoms with E-state index < -0.39 is 10.8 Å². The van der Waals surface area contributed by atoms with Crippen molar-refractivity contribution in [3.63, 3.8) is 0 Å². The zero-order chi connectivity index (χ0) is 12.1. The molecular formula is C11H22N2O2S. The molecule has 0 spiro atoms. The Morgan fingerprint density at radius 3 is 2.88 bits per heavy atom. The molecule has 0 aromatic carbocycles. The van der Waals surface area contributed by atoms with Crippen molar-refractivity contribution in [2.75, 3.05) is 19.5 Å². The van der Waals surface area contributed by atoms with Gasteiger partial charge in [-0.25, -0.2) is 0 Å². The molecule has 1 amide bonds. The van der Waals surface area contributed by atoms with Crippen LogP contribution >= 0.6 is 0 Å². The monoisotopic (exact) mass is 246 g/mol. The molecule has 1 rings (SSSR count). The largest absolute Gasteiger partial charge is 0.327 e. The fraction of sp³-hybridized carbons (Fsp3) is 0.909. The Hall–Kier alpha value is -0.420. The minimum absolute atomic E-state index is 0.0163. The fourth-order valence-corrected chi connectivity index (χ4v) is 2.20. The highest BCUT2D eigenvalue weighted by Gasteiger charge is 2.31. The third kappa shape index (κ3) is 3.56. The van der Waals surface area contributed by atoms with Gasteiger partial charge in [0.2, 0.25) is 5.91 Å². The second kappa shape index (κ2) is 6.35. The zero-order valence-corrected chi connectivity index (χ0v) is 11.2. The summed E-state index contributed by atoms with van der Waals surface area (Å²) in [4.78, 5) is 13.7. The molecule has 0 aromatic heterocycles. The topological polar surface area (TPSA) is 49.4 Å². The summed E-state index contributed by atoms with van der Waals surface area (Å²) < 4.78 is 11.2.